The number of rotatable bonds is 21. The van der Waals surface area contributed by atoms with Crippen molar-refractivity contribution in [1.82, 2.24) is 60.9 Å². The van der Waals surface area contributed by atoms with Gasteiger partial charge in [0.1, 0.15) is 54.4 Å². The van der Waals surface area contributed by atoms with Gasteiger partial charge in [-0.15, -0.1) is 11.8 Å². The van der Waals surface area contributed by atoms with Crippen LogP contribution in [0.4, 0.5) is 0 Å². The summed E-state index contributed by atoms with van der Waals surface area (Å²) >= 11 is 1.18. The first kappa shape index (κ1) is 85.2. The molecule has 93 heavy (non-hydrogen) atoms. The molecule has 1 saturated heterocycles. The second-order valence-electron chi connectivity index (χ2n) is 28.3. The van der Waals surface area contributed by atoms with Crippen LogP contribution in [0.5, 0.6) is 0 Å². The lowest BCUT2D eigenvalue weighted by molar-refractivity contribution is -0.159. The number of likely N-dealkylation sites (N-methyl/N-ethyl adjacent to an activating group) is 7. The molecule has 24 nitrogen and oxygen atoms in total. The summed E-state index contributed by atoms with van der Waals surface area (Å²) in [7, 11) is 10.1. The van der Waals surface area contributed by atoms with Gasteiger partial charge in [-0.2, -0.15) is 0 Å². The van der Waals surface area contributed by atoms with Crippen LogP contribution < -0.4 is 26.6 Å². The second kappa shape index (κ2) is 39.3. The van der Waals surface area contributed by atoms with Gasteiger partial charge < -0.3 is 66.0 Å². The van der Waals surface area contributed by atoms with Crippen LogP contribution in [0, 0.1) is 41.4 Å². The number of hydrogen-bond donors (Lipinski definition) is 6. The molecule has 0 bridgehead atoms. The number of carbonyl (C=O) groups excluding carboxylic acids is 11. The molecule has 0 aromatic rings. The van der Waals surface area contributed by atoms with Gasteiger partial charge in [0.15, 0.2) is 4.87 Å². The lowest BCUT2D eigenvalue weighted by Gasteiger charge is -2.48. The molecule has 534 valence electrons. The Morgan fingerprint density at radius 3 is 1.49 bits per heavy atom. The zero-order valence-corrected chi connectivity index (χ0v) is 62.4. The SMILES string of the molecule is C/C=C/C[C@@H](C)[C@@H](O)[C@H]1C(=O)N[C@@H](CC)C(=O)N(C)CC(=O)N(C)[C@@H](CC(C)C)C(=O)N[C@@H](C(C)C)C(=O)N(C)[C@@H](CC(C)C)C(=O)N[C@@H](C)C(=O)N[C@H](C)C(=O)N(C)[C@@H](CC(C)C)C(=O)N(C)[C@@H](CC(C)C)C(=O)N(C)[C@](SCCNC(C)CC)(C(C)C)C(=O)N1C. The highest BCUT2D eigenvalue weighted by atomic mass is 32.2. The molecule has 25 heteroatoms. The van der Waals surface area contributed by atoms with E-state index >= 15 is 19.2 Å². The average Bonchev–Trinajstić information content (AvgIpc) is 0.814. The predicted octanol–water partition coefficient (Wildman–Crippen LogP) is 4.72. The van der Waals surface area contributed by atoms with Gasteiger partial charge in [-0.3, -0.25) is 52.7 Å². The Bertz CT molecular complexity index is 2530. The quantitative estimate of drug-likeness (QED) is 0.0670. The van der Waals surface area contributed by atoms with Gasteiger partial charge in [-0.25, -0.2) is 0 Å². The Morgan fingerprint density at radius 1 is 0.559 bits per heavy atom. The highest BCUT2D eigenvalue weighted by Crippen LogP contribution is 2.40. The molecule has 1 rings (SSSR count). The fraction of sp³-hybridized carbons (Fsp3) is 0.809. The fourth-order valence-corrected chi connectivity index (χ4v) is 13.0. The maximum Gasteiger partial charge on any atom is 0.259 e. The summed E-state index contributed by atoms with van der Waals surface area (Å²) in [5.41, 5.74) is 0. The van der Waals surface area contributed by atoms with Gasteiger partial charge in [-0.05, 0) is 114 Å². The Balaban J connectivity index is 4.58. The summed E-state index contributed by atoms with van der Waals surface area (Å²) in [6, 6.07) is -11.2. The van der Waals surface area contributed by atoms with Crippen LogP contribution in [-0.2, 0) is 52.7 Å². The fourth-order valence-electron chi connectivity index (χ4n) is 11.6. The molecular weight excluding hydrogens is 1210 g/mol. The summed E-state index contributed by atoms with van der Waals surface area (Å²) < 4.78 is 0. The molecule has 0 saturated carbocycles. The van der Waals surface area contributed by atoms with Gasteiger partial charge in [-0.1, -0.05) is 116 Å². The van der Waals surface area contributed by atoms with Gasteiger partial charge in [0.25, 0.3) is 5.91 Å². The average molecular weight is 1330 g/mol. The zero-order chi connectivity index (χ0) is 72.0. The summed E-state index contributed by atoms with van der Waals surface area (Å²) in [6.45, 7) is 34.1. The Labute approximate surface area is 562 Å². The third kappa shape index (κ3) is 23.8. The molecule has 0 aromatic carbocycles. The highest BCUT2D eigenvalue weighted by Gasteiger charge is 2.54. The van der Waals surface area contributed by atoms with Crippen molar-refractivity contribution in [3.63, 3.8) is 0 Å². The van der Waals surface area contributed by atoms with E-state index in [1.807, 2.05) is 82.2 Å². The molecule has 0 aromatic heterocycles. The maximum absolute atomic E-state index is 16.2. The Hall–Kier alpha value is -5.82. The van der Waals surface area contributed by atoms with Crippen molar-refractivity contribution in [1.29, 1.82) is 0 Å². The molecule has 0 spiro atoms. The van der Waals surface area contributed by atoms with Crippen LogP contribution in [0.25, 0.3) is 0 Å². The summed E-state index contributed by atoms with van der Waals surface area (Å²) in [4.78, 5) is 171. The van der Waals surface area contributed by atoms with Crippen LogP contribution >= 0.6 is 11.8 Å². The number of aliphatic hydroxyl groups is 1. The van der Waals surface area contributed by atoms with Crippen molar-refractivity contribution in [3.05, 3.63) is 12.2 Å². The van der Waals surface area contributed by atoms with Gasteiger partial charge in [0.2, 0.25) is 59.1 Å². The molecule has 11 amide bonds. The third-order valence-corrected chi connectivity index (χ3v) is 19.6. The third-order valence-electron chi connectivity index (χ3n) is 17.8. The van der Waals surface area contributed by atoms with Gasteiger partial charge in [0, 0.05) is 67.7 Å². The minimum atomic E-state index is -1.83. The summed E-state index contributed by atoms with van der Waals surface area (Å²) in [5, 5.41) is 27.0. The lowest BCUT2D eigenvalue weighted by Crippen LogP contribution is -2.68. The van der Waals surface area contributed by atoms with Crippen LogP contribution in [0.1, 0.15) is 176 Å². The minimum Gasteiger partial charge on any atom is -0.390 e. The van der Waals surface area contributed by atoms with E-state index in [0.29, 0.717) is 13.0 Å². The van der Waals surface area contributed by atoms with Crippen molar-refractivity contribution in [3.8, 4) is 0 Å². The first-order valence-corrected chi connectivity index (χ1v) is 34.8. The van der Waals surface area contributed by atoms with Crippen molar-refractivity contribution < 1.29 is 57.8 Å². The Kier molecular flexibility index (Phi) is 36.0. The number of thioether (sulfide) groups is 1. The Morgan fingerprint density at radius 2 is 1.02 bits per heavy atom. The van der Waals surface area contributed by atoms with E-state index < -0.39 is 155 Å². The van der Waals surface area contributed by atoms with E-state index in [1.165, 1.54) is 99.4 Å². The molecule has 0 radical (unpaired) electrons. The lowest BCUT2D eigenvalue weighted by atomic mass is 9.91. The van der Waals surface area contributed by atoms with E-state index in [1.54, 1.807) is 47.6 Å². The van der Waals surface area contributed by atoms with Crippen LogP contribution in [0.3, 0.4) is 0 Å². The second-order valence-corrected chi connectivity index (χ2v) is 29.6. The number of hydrogen-bond acceptors (Lipinski definition) is 14. The number of allylic oxidation sites excluding steroid dienone is 2. The molecular formula is C68H124N12O12S. The smallest absolute Gasteiger partial charge is 0.259 e. The molecule has 0 aliphatic carbocycles. The van der Waals surface area contributed by atoms with Crippen LogP contribution in [0.15, 0.2) is 12.2 Å². The maximum atomic E-state index is 16.2. The van der Waals surface area contributed by atoms with E-state index in [-0.39, 0.29) is 67.6 Å². The molecule has 1 heterocycles. The standard InChI is InChI=1S/C68H124N12O12S/c1-27-30-31-45(16)57(82)56-61(86)72-49(29-3)63(88)74(20)38-54(81)75(21)50(34-39(4)5)60(85)73-55(43(12)13)66(91)76(22)51(35-40(6)7)59(84)70-47(18)58(83)71-48(19)62(87)77(23)52(36-41(8)9)64(89)78(24)53(37-42(10)11)65(90)80(26)68(44(14)15,67(92)79(56)25)93-33-32-69-46(17)28-2/h27,30,39-53,55-57,69,82H,28-29,31-38H2,1-26H3,(H,70,84)(H,71,83)(H,72,86)(H,73,85)/b30-27+/t45-,46?,47+,48-,49+,50+,51+,52+,53+,55+,56+,57-,68+/m1/s1. The molecule has 1 unspecified atom stereocenters. The van der Waals surface area contributed by atoms with E-state index in [9.17, 15) is 38.7 Å². The van der Waals surface area contributed by atoms with Crippen molar-refractivity contribution >= 4 is 76.7 Å². The molecule has 1 aliphatic heterocycles. The summed E-state index contributed by atoms with van der Waals surface area (Å²) in [5.74, 6) is -9.68. The number of aliphatic hydroxyl groups excluding tert-OH is 1. The minimum absolute atomic E-state index is 0.00933. The normalized spacial score (nSPS) is 26.8. The molecule has 13 atom stereocenters. The topological polar surface area (TPSA) is 291 Å². The van der Waals surface area contributed by atoms with E-state index in [4.69, 9.17) is 0 Å². The van der Waals surface area contributed by atoms with E-state index in [0.717, 1.165) is 16.2 Å². The van der Waals surface area contributed by atoms with Gasteiger partial charge >= 0.3 is 0 Å². The van der Waals surface area contributed by atoms with Crippen molar-refractivity contribution in [2.75, 3.05) is 68.2 Å². The van der Waals surface area contributed by atoms with Crippen molar-refractivity contribution in [2.24, 2.45) is 41.4 Å². The largest absolute Gasteiger partial charge is 0.390 e. The number of amides is 11. The zero-order valence-electron chi connectivity index (χ0n) is 61.6. The highest BCUT2D eigenvalue weighted by molar-refractivity contribution is 8.01. The number of nitrogens with zero attached hydrogens (tertiary/aromatic N) is 7. The van der Waals surface area contributed by atoms with Crippen LogP contribution in [-0.4, -0.2) is 244 Å². The molecule has 1 aliphatic rings. The molecule has 6 N–H and O–H groups in total. The van der Waals surface area contributed by atoms with Gasteiger partial charge in [0.05, 0.1) is 12.6 Å². The molecule has 1 fully saturated rings. The summed E-state index contributed by atoms with van der Waals surface area (Å²) in [6.07, 6.45) is 3.76. The van der Waals surface area contributed by atoms with Crippen LogP contribution in [0.2, 0.25) is 0 Å². The monoisotopic (exact) mass is 1330 g/mol. The predicted molar refractivity (Wildman–Crippen MR) is 368 cm³/mol. The first-order valence-electron chi connectivity index (χ1n) is 33.8. The number of carbonyl (C=O) groups is 11. The van der Waals surface area contributed by atoms with E-state index in [2.05, 4.69) is 26.6 Å². The number of nitrogens with one attached hydrogen (secondary N) is 5. The van der Waals surface area contributed by atoms with Crippen molar-refractivity contribution in [2.45, 2.75) is 248 Å². The first-order chi connectivity index (χ1) is 43.0.